The van der Waals surface area contributed by atoms with Crippen LogP contribution in [0.5, 0.6) is 5.75 Å². The molecule has 144 valence electrons. The van der Waals surface area contributed by atoms with Crippen molar-refractivity contribution in [1.29, 1.82) is 0 Å². The smallest absolute Gasteiger partial charge is 0.325 e. The number of carbonyl (C=O) groups excluding carboxylic acids is 2. The Hall–Kier alpha value is -2.68. The molecular weight excluding hydrogens is 354 g/mol. The average molecular weight is 375 g/mol. The maximum absolute atomic E-state index is 13.1. The van der Waals surface area contributed by atoms with Gasteiger partial charge in [-0.25, -0.2) is 4.79 Å². The monoisotopic (exact) mass is 375 g/mol. The van der Waals surface area contributed by atoms with E-state index in [1.807, 2.05) is 0 Å². The number of hydrogen-bond donors (Lipinski definition) is 1. The normalized spacial score (nSPS) is 21.4. The van der Waals surface area contributed by atoms with E-state index in [-0.39, 0.29) is 31.5 Å². The lowest BCUT2D eigenvalue weighted by Crippen LogP contribution is -2.46. The molecule has 3 amide bonds. The van der Waals surface area contributed by atoms with Crippen LogP contribution in [0.4, 0.5) is 10.5 Å². The van der Waals surface area contributed by atoms with E-state index in [0.717, 1.165) is 30.6 Å². The quantitative estimate of drug-likeness (QED) is 0.494. The molecule has 2 fully saturated rings. The minimum absolute atomic E-state index is 0.0297. The van der Waals surface area contributed by atoms with Crippen LogP contribution in [-0.4, -0.2) is 34.1 Å². The van der Waals surface area contributed by atoms with Crippen LogP contribution < -0.4 is 10.1 Å². The molecule has 0 unspecified atom stereocenters. The summed E-state index contributed by atoms with van der Waals surface area (Å²) in [7, 11) is 0. The fourth-order valence-corrected chi connectivity index (χ4v) is 4.16. The zero-order chi connectivity index (χ0) is 19.0. The standard InChI is InChI=1S/C18H21N3O6/c22-16-18(5-3-1-2-4-6-18)19-17(23)20(16)9-12-7-14(21(24)25)8-13-10-26-11-27-15(12)13/h7-8H,1-6,9-11H2,(H,19,23). The van der Waals surface area contributed by atoms with Crippen LogP contribution in [0, 0.1) is 10.1 Å². The molecule has 1 saturated heterocycles. The number of non-ortho nitro benzene ring substituents is 1. The first-order chi connectivity index (χ1) is 13.0. The molecule has 1 N–H and O–H groups in total. The number of hydrogen-bond acceptors (Lipinski definition) is 6. The van der Waals surface area contributed by atoms with Gasteiger partial charge in [-0.05, 0) is 12.8 Å². The van der Waals surface area contributed by atoms with Gasteiger partial charge >= 0.3 is 6.03 Å². The number of nitrogens with one attached hydrogen (secondary N) is 1. The summed E-state index contributed by atoms with van der Waals surface area (Å²) in [4.78, 5) is 37.5. The second kappa shape index (κ2) is 6.80. The third-order valence-corrected chi connectivity index (χ3v) is 5.51. The summed E-state index contributed by atoms with van der Waals surface area (Å²) in [6, 6.07) is 2.31. The number of carbonyl (C=O) groups is 2. The Morgan fingerprint density at radius 2 is 1.93 bits per heavy atom. The molecule has 0 radical (unpaired) electrons. The minimum Gasteiger partial charge on any atom is -0.467 e. The molecule has 2 heterocycles. The van der Waals surface area contributed by atoms with Gasteiger partial charge in [0, 0.05) is 23.3 Å². The molecule has 0 atom stereocenters. The highest BCUT2D eigenvalue weighted by molar-refractivity contribution is 6.07. The molecule has 0 aromatic heterocycles. The van der Waals surface area contributed by atoms with Gasteiger partial charge in [0.2, 0.25) is 0 Å². The molecule has 9 heteroatoms. The molecule has 2 aliphatic heterocycles. The van der Waals surface area contributed by atoms with Gasteiger partial charge in [-0.2, -0.15) is 0 Å². The van der Waals surface area contributed by atoms with Crippen LogP contribution in [0.15, 0.2) is 12.1 Å². The van der Waals surface area contributed by atoms with Crippen molar-refractivity contribution in [1.82, 2.24) is 10.2 Å². The minimum atomic E-state index is -0.835. The van der Waals surface area contributed by atoms with Gasteiger partial charge in [-0.1, -0.05) is 25.7 Å². The Morgan fingerprint density at radius 1 is 1.19 bits per heavy atom. The number of nitro benzene ring substituents is 1. The zero-order valence-corrected chi connectivity index (χ0v) is 14.9. The van der Waals surface area contributed by atoms with Crippen LogP contribution in [0.1, 0.15) is 49.7 Å². The molecular formula is C18H21N3O6. The number of fused-ring (bicyclic) bond motifs is 1. The number of ether oxygens (including phenoxy) is 2. The number of amides is 3. The van der Waals surface area contributed by atoms with Gasteiger partial charge in [0.15, 0.2) is 6.79 Å². The molecule has 1 aliphatic carbocycles. The summed E-state index contributed by atoms with van der Waals surface area (Å²) in [5.41, 5.74) is 0.0330. The summed E-state index contributed by atoms with van der Waals surface area (Å²) >= 11 is 0. The van der Waals surface area contributed by atoms with Crippen LogP contribution in [0.25, 0.3) is 0 Å². The van der Waals surface area contributed by atoms with Crippen molar-refractivity contribution in [2.75, 3.05) is 6.79 Å². The van der Waals surface area contributed by atoms with Crippen molar-refractivity contribution < 1.29 is 24.0 Å². The fourth-order valence-electron chi connectivity index (χ4n) is 4.16. The topological polar surface area (TPSA) is 111 Å². The van der Waals surface area contributed by atoms with E-state index < -0.39 is 16.5 Å². The first-order valence-electron chi connectivity index (χ1n) is 9.15. The van der Waals surface area contributed by atoms with E-state index in [2.05, 4.69) is 5.32 Å². The molecule has 1 spiro atoms. The average Bonchev–Trinajstić information content (AvgIpc) is 2.83. The molecule has 9 nitrogen and oxygen atoms in total. The number of nitrogens with zero attached hydrogens (tertiary/aromatic N) is 2. The molecule has 1 saturated carbocycles. The Morgan fingerprint density at radius 3 is 2.63 bits per heavy atom. The number of benzene rings is 1. The van der Waals surface area contributed by atoms with E-state index in [4.69, 9.17) is 9.47 Å². The van der Waals surface area contributed by atoms with Crippen LogP contribution in [-0.2, 0) is 22.7 Å². The third kappa shape index (κ3) is 3.12. The van der Waals surface area contributed by atoms with Crippen molar-refractivity contribution in [3.63, 3.8) is 0 Å². The molecule has 4 rings (SSSR count). The summed E-state index contributed by atoms with van der Waals surface area (Å²) in [6.45, 7) is 0.159. The lowest BCUT2D eigenvalue weighted by Gasteiger charge is -2.25. The Bertz CT molecular complexity index is 801. The summed E-state index contributed by atoms with van der Waals surface area (Å²) < 4.78 is 10.7. The lowest BCUT2D eigenvalue weighted by atomic mass is 9.90. The predicted octanol–water partition coefficient (Wildman–Crippen LogP) is 2.61. The first-order valence-corrected chi connectivity index (χ1v) is 9.15. The highest BCUT2D eigenvalue weighted by atomic mass is 16.7. The second-order valence-corrected chi connectivity index (χ2v) is 7.28. The molecule has 1 aromatic rings. The zero-order valence-electron chi connectivity index (χ0n) is 14.9. The maximum atomic E-state index is 13.1. The van der Waals surface area contributed by atoms with Crippen molar-refractivity contribution >= 4 is 17.6 Å². The van der Waals surface area contributed by atoms with Gasteiger partial charge in [-0.15, -0.1) is 0 Å². The predicted molar refractivity (Wildman–Crippen MR) is 92.9 cm³/mol. The van der Waals surface area contributed by atoms with Crippen LogP contribution in [0.2, 0.25) is 0 Å². The van der Waals surface area contributed by atoms with Crippen molar-refractivity contribution in [2.45, 2.75) is 57.2 Å². The van der Waals surface area contributed by atoms with Crippen LogP contribution in [0.3, 0.4) is 0 Å². The maximum Gasteiger partial charge on any atom is 0.325 e. The second-order valence-electron chi connectivity index (χ2n) is 7.28. The van der Waals surface area contributed by atoms with Gasteiger partial charge < -0.3 is 14.8 Å². The van der Waals surface area contributed by atoms with Gasteiger partial charge in [0.05, 0.1) is 18.1 Å². The Balaban J connectivity index is 1.65. The van der Waals surface area contributed by atoms with Crippen LogP contribution >= 0.6 is 0 Å². The SMILES string of the molecule is O=C1NC2(CCCCCC2)C(=O)N1Cc1cc([N+](=O)[O-])cc2c1OCOC2. The summed E-state index contributed by atoms with van der Waals surface area (Å²) in [5, 5.41) is 14.1. The number of nitro groups is 1. The molecule has 0 bridgehead atoms. The van der Waals surface area contributed by atoms with Gasteiger partial charge in [0.1, 0.15) is 11.3 Å². The Kier molecular flexibility index (Phi) is 4.47. The molecule has 27 heavy (non-hydrogen) atoms. The van der Waals surface area contributed by atoms with E-state index in [9.17, 15) is 19.7 Å². The summed E-state index contributed by atoms with van der Waals surface area (Å²) in [5.74, 6) is 0.205. The van der Waals surface area contributed by atoms with Crippen molar-refractivity contribution in [2.24, 2.45) is 0 Å². The van der Waals surface area contributed by atoms with E-state index in [1.54, 1.807) is 0 Å². The largest absolute Gasteiger partial charge is 0.467 e. The van der Waals surface area contributed by atoms with Crippen molar-refractivity contribution in [3.8, 4) is 5.75 Å². The molecule has 3 aliphatic rings. The fraction of sp³-hybridized carbons (Fsp3) is 0.556. The highest BCUT2D eigenvalue weighted by Crippen LogP contribution is 2.37. The Labute approximate surface area is 155 Å². The highest BCUT2D eigenvalue weighted by Gasteiger charge is 2.50. The molecule has 1 aromatic carbocycles. The third-order valence-electron chi connectivity index (χ3n) is 5.51. The number of urea groups is 1. The summed E-state index contributed by atoms with van der Waals surface area (Å²) in [6.07, 6.45) is 5.16. The van der Waals surface area contributed by atoms with Crippen molar-refractivity contribution in [3.05, 3.63) is 33.4 Å². The number of rotatable bonds is 3. The van der Waals surface area contributed by atoms with E-state index in [0.29, 0.717) is 29.7 Å². The van der Waals surface area contributed by atoms with Gasteiger partial charge in [-0.3, -0.25) is 19.8 Å². The van der Waals surface area contributed by atoms with E-state index in [1.165, 1.54) is 12.1 Å². The van der Waals surface area contributed by atoms with E-state index >= 15 is 0 Å². The first kappa shape index (κ1) is 17.7. The van der Waals surface area contributed by atoms with Gasteiger partial charge in [0.25, 0.3) is 11.6 Å². The number of imide groups is 1. The lowest BCUT2D eigenvalue weighted by molar-refractivity contribution is -0.385.